The van der Waals surface area contributed by atoms with E-state index in [1.165, 1.54) is 18.2 Å². The summed E-state index contributed by atoms with van der Waals surface area (Å²) in [5.74, 6) is -0.325. The van der Waals surface area contributed by atoms with Crippen LogP contribution in [-0.2, 0) is 10.7 Å². The molecule has 0 heterocycles. The number of hydrogen-bond donors (Lipinski definition) is 0. The predicted molar refractivity (Wildman–Crippen MR) is 78.1 cm³/mol. The van der Waals surface area contributed by atoms with Gasteiger partial charge in [0.05, 0.1) is 0 Å². The van der Waals surface area contributed by atoms with Crippen LogP contribution in [-0.4, -0.2) is 0 Å². The molecule has 0 radical (unpaired) electrons. The molecule has 0 bridgehead atoms. The van der Waals surface area contributed by atoms with Crippen LogP contribution in [0.15, 0.2) is 48.5 Å². The molecule has 18 heavy (non-hydrogen) atoms. The van der Waals surface area contributed by atoms with Gasteiger partial charge in [0.1, 0.15) is 11.6 Å². The first-order valence-electron chi connectivity index (χ1n) is 5.27. The fraction of sp³-hybridized carbons (Fsp3) is 0.143. The highest BCUT2D eigenvalue weighted by molar-refractivity contribution is 9.08. The standard InChI is InChI=1S/2C7H6BrF/c8-5-6-1-3-7(9)4-2-6;8-5-6-3-1-2-4-7(6)9/h2*1-4H,5H2. The zero-order valence-corrected chi connectivity index (χ0v) is 12.7. The molecule has 2 rings (SSSR count). The van der Waals surface area contributed by atoms with Crippen molar-refractivity contribution in [2.75, 3.05) is 0 Å². The molecule has 0 aliphatic rings. The Morgan fingerprint density at radius 3 is 1.83 bits per heavy atom. The van der Waals surface area contributed by atoms with Crippen molar-refractivity contribution in [3.63, 3.8) is 0 Å². The van der Waals surface area contributed by atoms with E-state index in [-0.39, 0.29) is 11.6 Å². The minimum absolute atomic E-state index is 0.144. The van der Waals surface area contributed by atoms with Gasteiger partial charge < -0.3 is 0 Å². The van der Waals surface area contributed by atoms with Crippen molar-refractivity contribution >= 4 is 31.9 Å². The van der Waals surface area contributed by atoms with E-state index in [1.54, 1.807) is 24.3 Å². The second kappa shape index (κ2) is 8.38. The molecular weight excluding hydrogens is 366 g/mol. The van der Waals surface area contributed by atoms with Crippen molar-refractivity contribution in [3.8, 4) is 0 Å². The van der Waals surface area contributed by atoms with Crippen LogP contribution < -0.4 is 0 Å². The van der Waals surface area contributed by atoms with E-state index >= 15 is 0 Å². The van der Waals surface area contributed by atoms with Gasteiger partial charge in [-0.05, 0) is 29.3 Å². The summed E-state index contributed by atoms with van der Waals surface area (Å²) in [6.45, 7) is 0. The Kier molecular flexibility index (Phi) is 7.13. The SMILES string of the molecule is Fc1ccc(CBr)cc1.Fc1ccccc1CBr. The molecule has 0 N–H and O–H groups in total. The van der Waals surface area contributed by atoms with Crippen LogP contribution in [0.4, 0.5) is 8.78 Å². The maximum absolute atomic E-state index is 12.6. The Balaban J connectivity index is 0.000000180. The molecule has 0 saturated heterocycles. The zero-order valence-electron chi connectivity index (χ0n) is 9.54. The molecule has 2 aromatic rings. The molecular formula is C14H12Br2F2. The number of hydrogen-bond acceptors (Lipinski definition) is 0. The highest BCUT2D eigenvalue weighted by Crippen LogP contribution is 2.09. The van der Waals surface area contributed by atoms with Crippen molar-refractivity contribution in [2.24, 2.45) is 0 Å². The number of halogens is 4. The Hall–Kier alpha value is -0.740. The zero-order chi connectivity index (χ0) is 13.4. The van der Waals surface area contributed by atoms with Crippen molar-refractivity contribution in [2.45, 2.75) is 10.7 Å². The first-order chi connectivity index (χ1) is 8.67. The summed E-state index contributed by atoms with van der Waals surface area (Å²) in [5, 5.41) is 1.37. The first-order valence-corrected chi connectivity index (χ1v) is 7.51. The Morgan fingerprint density at radius 1 is 0.778 bits per heavy atom. The van der Waals surface area contributed by atoms with Crippen LogP contribution in [0.2, 0.25) is 0 Å². The summed E-state index contributed by atoms with van der Waals surface area (Å²) in [7, 11) is 0. The van der Waals surface area contributed by atoms with E-state index < -0.39 is 0 Å². The van der Waals surface area contributed by atoms with E-state index in [1.807, 2.05) is 6.07 Å². The third kappa shape index (κ3) is 5.27. The molecule has 4 heteroatoms. The van der Waals surface area contributed by atoms with Gasteiger partial charge in [-0.3, -0.25) is 0 Å². The van der Waals surface area contributed by atoms with Gasteiger partial charge in [-0.2, -0.15) is 0 Å². The van der Waals surface area contributed by atoms with Crippen LogP contribution in [0.25, 0.3) is 0 Å². The normalized spacial score (nSPS) is 9.56. The largest absolute Gasteiger partial charge is 0.207 e. The molecule has 0 saturated carbocycles. The third-order valence-electron chi connectivity index (χ3n) is 2.17. The lowest BCUT2D eigenvalue weighted by molar-refractivity contribution is 0.617. The predicted octanol–water partition coefficient (Wildman–Crippen LogP) is 5.44. The van der Waals surface area contributed by atoms with Gasteiger partial charge in [0, 0.05) is 10.7 Å². The highest BCUT2D eigenvalue weighted by Gasteiger charge is 1.94. The smallest absolute Gasteiger partial charge is 0.127 e. The summed E-state index contributed by atoms with van der Waals surface area (Å²) in [5.41, 5.74) is 1.80. The van der Waals surface area contributed by atoms with Crippen LogP contribution in [0.5, 0.6) is 0 Å². The topological polar surface area (TPSA) is 0 Å². The summed E-state index contributed by atoms with van der Waals surface area (Å²) in [4.78, 5) is 0. The van der Waals surface area contributed by atoms with Gasteiger partial charge >= 0.3 is 0 Å². The first kappa shape index (κ1) is 15.3. The molecule has 0 spiro atoms. The maximum Gasteiger partial charge on any atom is 0.127 e. The van der Waals surface area contributed by atoms with Gasteiger partial charge in [-0.15, -0.1) is 0 Å². The van der Waals surface area contributed by atoms with Crippen LogP contribution in [0.3, 0.4) is 0 Å². The summed E-state index contributed by atoms with van der Waals surface area (Å²) >= 11 is 6.43. The van der Waals surface area contributed by atoms with Gasteiger partial charge in [0.15, 0.2) is 0 Å². The molecule has 0 aromatic heterocycles. The number of rotatable bonds is 2. The van der Waals surface area contributed by atoms with E-state index in [9.17, 15) is 8.78 Å². The Labute approximate surface area is 122 Å². The van der Waals surface area contributed by atoms with Crippen molar-refractivity contribution in [1.82, 2.24) is 0 Å². The quantitative estimate of drug-likeness (QED) is 0.611. The molecule has 96 valence electrons. The minimum atomic E-state index is -0.181. The number of benzene rings is 2. The van der Waals surface area contributed by atoms with E-state index in [0.717, 1.165) is 10.9 Å². The van der Waals surface area contributed by atoms with Crippen molar-refractivity contribution in [1.29, 1.82) is 0 Å². The summed E-state index contributed by atoms with van der Waals surface area (Å²) < 4.78 is 24.8. The van der Waals surface area contributed by atoms with Gasteiger partial charge in [-0.1, -0.05) is 62.2 Å². The van der Waals surface area contributed by atoms with E-state index in [2.05, 4.69) is 31.9 Å². The lowest BCUT2D eigenvalue weighted by Gasteiger charge is -1.93. The van der Waals surface area contributed by atoms with Crippen LogP contribution >= 0.6 is 31.9 Å². The Bertz CT molecular complexity index is 469. The third-order valence-corrected chi connectivity index (χ3v) is 3.42. The summed E-state index contributed by atoms with van der Waals surface area (Å²) in [6.07, 6.45) is 0. The van der Waals surface area contributed by atoms with Crippen LogP contribution in [0.1, 0.15) is 11.1 Å². The Morgan fingerprint density at radius 2 is 1.39 bits per heavy atom. The molecule has 2 aromatic carbocycles. The molecule has 0 aliphatic heterocycles. The van der Waals surface area contributed by atoms with Crippen molar-refractivity contribution < 1.29 is 8.78 Å². The molecule has 0 aliphatic carbocycles. The van der Waals surface area contributed by atoms with E-state index in [4.69, 9.17) is 0 Å². The lowest BCUT2D eigenvalue weighted by Crippen LogP contribution is -1.81. The summed E-state index contributed by atoms with van der Waals surface area (Å²) in [6, 6.07) is 13.1. The second-order valence-corrected chi connectivity index (χ2v) is 4.61. The monoisotopic (exact) mass is 376 g/mol. The average Bonchev–Trinajstić information content (AvgIpc) is 2.41. The van der Waals surface area contributed by atoms with E-state index in [0.29, 0.717) is 10.9 Å². The van der Waals surface area contributed by atoms with Crippen molar-refractivity contribution in [3.05, 3.63) is 71.3 Å². The number of alkyl halides is 2. The average molecular weight is 378 g/mol. The fourth-order valence-corrected chi connectivity index (χ4v) is 2.01. The molecule has 0 nitrogen and oxygen atoms in total. The van der Waals surface area contributed by atoms with Gasteiger partial charge in [0.25, 0.3) is 0 Å². The molecule has 0 fully saturated rings. The molecule has 0 atom stereocenters. The van der Waals surface area contributed by atoms with Crippen LogP contribution in [0, 0.1) is 11.6 Å². The van der Waals surface area contributed by atoms with Gasteiger partial charge in [0.2, 0.25) is 0 Å². The highest BCUT2D eigenvalue weighted by atomic mass is 79.9. The maximum atomic E-state index is 12.6. The molecule has 0 unspecified atom stereocenters. The van der Waals surface area contributed by atoms with Gasteiger partial charge in [-0.25, -0.2) is 8.78 Å². The fourth-order valence-electron chi connectivity index (χ4n) is 1.18. The second-order valence-electron chi connectivity index (χ2n) is 3.49. The lowest BCUT2D eigenvalue weighted by atomic mass is 10.2. The molecule has 0 amide bonds. The minimum Gasteiger partial charge on any atom is -0.207 e.